The third kappa shape index (κ3) is 6.31. The van der Waals surface area contributed by atoms with Gasteiger partial charge in [-0.15, -0.1) is 6.42 Å². The monoisotopic (exact) mass is 520 g/mol. The van der Waals surface area contributed by atoms with Crippen LogP contribution < -0.4 is 15.5 Å². The van der Waals surface area contributed by atoms with Gasteiger partial charge in [-0.3, -0.25) is 9.59 Å². The van der Waals surface area contributed by atoms with E-state index >= 15 is 0 Å². The number of carbonyl (C=O) groups is 3. The highest BCUT2D eigenvalue weighted by Crippen LogP contribution is 2.27. The zero-order valence-corrected chi connectivity index (χ0v) is 21.7. The summed E-state index contributed by atoms with van der Waals surface area (Å²) in [6.45, 7) is 4.84. The molecule has 0 bridgehead atoms. The molecule has 2 aromatic carbocycles. The van der Waals surface area contributed by atoms with Gasteiger partial charge in [0.25, 0.3) is 5.91 Å². The maximum atomic E-state index is 13.4. The second-order valence-electron chi connectivity index (χ2n) is 9.20. The number of anilines is 3. The Labute approximate surface area is 222 Å². The summed E-state index contributed by atoms with van der Waals surface area (Å²) >= 11 is 0. The first kappa shape index (κ1) is 27.1. The number of terminal acetylenes is 1. The number of benzene rings is 2. The van der Waals surface area contributed by atoms with Crippen molar-refractivity contribution in [3.8, 4) is 12.3 Å². The van der Waals surface area contributed by atoms with E-state index in [1.165, 1.54) is 12.0 Å². The zero-order chi connectivity index (χ0) is 27.2. The van der Waals surface area contributed by atoms with Crippen molar-refractivity contribution in [3.05, 3.63) is 53.6 Å². The van der Waals surface area contributed by atoms with Crippen molar-refractivity contribution in [1.29, 1.82) is 0 Å². The Hall–Kier alpha value is -3.91. The number of amides is 4. The van der Waals surface area contributed by atoms with E-state index in [0.717, 1.165) is 11.3 Å². The molecular formula is C28H32N4O6. The molecular weight excluding hydrogens is 488 g/mol. The maximum Gasteiger partial charge on any atom is 0.322 e. The van der Waals surface area contributed by atoms with Gasteiger partial charge in [0, 0.05) is 49.2 Å². The third-order valence-corrected chi connectivity index (χ3v) is 6.61. The zero-order valence-electron chi connectivity index (χ0n) is 21.7. The van der Waals surface area contributed by atoms with E-state index in [0.29, 0.717) is 36.5 Å². The van der Waals surface area contributed by atoms with E-state index in [2.05, 4.69) is 16.6 Å². The average molecular weight is 521 g/mol. The van der Waals surface area contributed by atoms with Gasteiger partial charge < -0.3 is 34.6 Å². The number of ether oxygens (including phenoxy) is 3. The summed E-state index contributed by atoms with van der Waals surface area (Å²) in [7, 11) is 1.53. The molecule has 2 aromatic rings. The fourth-order valence-corrected chi connectivity index (χ4v) is 4.50. The van der Waals surface area contributed by atoms with Crippen molar-refractivity contribution in [2.45, 2.75) is 38.7 Å². The van der Waals surface area contributed by atoms with Crippen LogP contribution in [0.4, 0.5) is 21.9 Å². The van der Waals surface area contributed by atoms with Crippen LogP contribution in [0.1, 0.15) is 24.5 Å². The lowest BCUT2D eigenvalue weighted by atomic mass is 10.1. The highest BCUT2D eigenvalue weighted by Gasteiger charge is 2.41. The first-order valence-electron chi connectivity index (χ1n) is 12.4. The van der Waals surface area contributed by atoms with Crippen LogP contribution in [0, 0.1) is 19.3 Å². The molecule has 1 unspecified atom stereocenters. The van der Waals surface area contributed by atoms with Crippen LogP contribution in [0.5, 0.6) is 0 Å². The van der Waals surface area contributed by atoms with E-state index < -0.39 is 18.4 Å². The van der Waals surface area contributed by atoms with Gasteiger partial charge >= 0.3 is 6.03 Å². The number of hydrogen-bond donors (Lipinski definition) is 2. The van der Waals surface area contributed by atoms with Gasteiger partial charge in [0.15, 0.2) is 6.29 Å². The van der Waals surface area contributed by atoms with Gasteiger partial charge in [0.2, 0.25) is 5.91 Å². The Morgan fingerprint density at radius 3 is 2.61 bits per heavy atom. The number of rotatable bonds is 7. The summed E-state index contributed by atoms with van der Waals surface area (Å²) < 4.78 is 16.3. The van der Waals surface area contributed by atoms with Crippen molar-refractivity contribution in [2.75, 3.05) is 48.9 Å². The molecule has 2 aliphatic heterocycles. The Kier molecular flexibility index (Phi) is 8.63. The Morgan fingerprint density at radius 2 is 1.95 bits per heavy atom. The minimum absolute atomic E-state index is 0.0517. The van der Waals surface area contributed by atoms with Crippen molar-refractivity contribution >= 4 is 34.9 Å². The van der Waals surface area contributed by atoms with Crippen LogP contribution >= 0.6 is 0 Å². The number of urea groups is 1. The first-order chi connectivity index (χ1) is 18.3. The van der Waals surface area contributed by atoms with Crippen LogP contribution in [0.15, 0.2) is 42.5 Å². The maximum absolute atomic E-state index is 13.4. The molecule has 10 heteroatoms. The number of likely N-dealkylation sites (tertiary alicyclic amines) is 1. The second-order valence-corrected chi connectivity index (χ2v) is 9.20. The lowest BCUT2D eigenvalue weighted by Crippen LogP contribution is -2.45. The summed E-state index contributed by atoms with van der Waals surface area (Å²) in [6.07, 6.45) is 4.85. The molecule has 0 spiro atoms. The number of morpholine rings is 1. The van der Waals surface area contributed by atoms with E-state index in [-0.39, 0.29) is 31.1 Å². The summed E-state index contributed by atoms with van der Waals surface area (Å²) in [5.74, 6) is 2.09. The van der Waals surface area contributed by atoms with E-state index in [4.69, 9.17) is 20.6 Å². The molecule has 2 N–H and O–H groups in total. The molecule has 0 aromatic heterocycles. The van der Waals surface area contributed by atoms with Gasteiger partial charge in [0.1, 0.15) is 12.6 Å². The molecule has 2 saturated heterocycles. The highest BCUT2D eigenvalue weighted by atomic mass is 16.7. The van der Waals surface area contributed by atoms with Gasteiger partial charge in [-0.1, -0.05) is 5.92 Å². The van der Waals surface area contributed by atoms with Gasteiger partial charge in [-0.2, -0.15) is 0 Å². The average Bonchev–Trinajstić information content (AvgIpc) is 3.34. The molecule has 38 heavy (non-hydrogen) atoms. The fraction of sp³-hybridized carbons (Fsp3) is 0.393. The molecule has 2 heterocycles. The van der Waals surface area contributed by atoms with Crippen LogP contribution in [0.2, 0.25) is 0 Å². The van der Waals surface area contributed by atoms with Crippen molar-refractivity contribution in [3.63, 3.8) is 0 Å². The van der Waals surface area contributed by atoms with Crippen molar-refractivity contribution < 1.29 is 28.6 Å². The Morgan fingerprint density at radius 1 is 1.18 bits per heavy atom. The van der Waals surface area contributed by atoms with Crippen LogP contribution in [0.25, 0.3) is 0 Å². The second kappa shape index (κ2) is 12.1. The van der Waals surface area contributed by atoms with Crippen molar-refractivity contribution in [1.82, 2.24) is 4.90 Å². The molecule has 4 rings (SSSR count). The van der Waals surface area contributed by atoms with Gasteiger partial charge in [0.05, 0.1) is 12.7 Å². The molecule has 0 radical (unpaired) electrons. The van der Waals surface area contributed by atoms with Gasteiger partial charge in [-0.05, 0) is 61.9 Å². The number of nitrogens with zero attached hydrogens (tertiary/aromatic N) is 2. The van der Waals surface area contributed by atoms with E-state index in [1.807, 2.05) is 13.0 Å². The molecule has 0 saturated carbocycles. The number of nitrogens with one attached hydrogen (secondary N) is 2. The predicted molar refractivity (Wildman–Crippen MR) is 143 cm³/mol. The van der Waals surface area contributed by atoms with Crippen molar-refractivity contribution in [2.24, 2.45) is 0 Å². The summed E-state index contributed by atoms with van der Waals surface area (Å²) in [5.41, 5.74) is 3.39. The molecule has 2 aliphatic rings. The number of aryl methyl sites for hydroxylation is 1. The lowest BCUT2D eigenvalue weighted by molar-refractivity contribution is -0.140. The quantitative estimate of drug-likeness (QED) is 0.429. The van der Waals surface area contributed by atoms with Gasteiger partial charge in [-0.25, -0.2) is 4.79 Å². The fourth-order valence-electron chi connectivity index (χ4n) is 4.50. The topological polar surface area (TPSA) is 109 Å². The largest absolute Gasteiger partial charge is 0.370 e. The minimum Gasteiger partial charge on any atom is -0.370 e. The summed E-state index contributed by atoms with van der Waals surface area (Å²) in [6, 6.07) is 11.1. The Balaban J connectivity index is 1.49. The molecule has 200 valence electrons. The summed E-state index contributed by atoms with van der Waals surface area (Å²) in [5, 5.41) is 5.78. The van der Waals surface area contributed by atoms with Crippen LogP contribution in [-0.2, 0) is 23.8 Å². The minimum atomic E-state index is -0.770. The number of hydrogen-bond acceptors (Lipinski definition) is 6. The highest BCUT2D eigenvalue weighted by molar-refractivity contribution is 6.00. The first-order valence-corrected chi connectivity index (χ1v) is 12.4. The van der Waals surface area contributed by atoms with E-state index in [9.17, 15) is 14.4 Å². The normalized spacial score (nSPS) is 20.1. The third-order valence-electron chi connectivity index (χ3n) is 6.61. The number of methoxy groups -OCH3 is 1. The Bertz CT molecular complexity index is 1220. The number of carbonyl (C=O) groups excluding carboxylic acids is 3. The van der Waals surface area contributed by atoms with E-state index in [1.54, 1.807) is 48.2 Å². The predicted octanol–water partition coefficient (Wildman–Crippen LogP) is 2.96. The van der Waals surface area contributed by atoms with Crippen LogP contribution in [-0.4, -0.2) is 74.6 Å². The molecule has 0 aliphatic carbocycles. The molecule has 10 nitrogen and oxygen atoms in total. The summed E-state index contributed by atoms with van der Waals surface area (Å²) in [4.78, 5) is 42.0. The molecule has 3 atom stereocenters. The molecule has 2 fully saturated rings. The standard InChI is InChI=1S/C28H32N4O6/c1-5-20-6-8-21(9-7-20)29-28(35)32-16-23(38-19(3)36-4)15-25(32)27(34)30-24-11-10-22(14-18(24)2)31-12-13-37-17-26(31)33/h1,6-11,14,19,23,25H,12-13,15-17H2,2-4H3,(H,29,35)(H,30,34)/t19?,23-,25-/m1/s1. The lowest BCUT2D eigenvalue weighted by Gasteiger charge is -2.28. The smallest absolute Gasteiger partial charge is 0.322 e. The SMILES string of the molecule is C#Cc1ccc(NC(=O)N2C[C@H](OC(C)OC)C[C@@H]2C(=O)Nc2ccc(N3CCOCC3=O)cc2C)cc1. The molecule has 4 amide bonds. The van der Waals surface area contributed by atoms with Crippen LogP contribution in [0.3, 0.4) is 0 Å².